The van der Waals surface area contributed by atoms with Crippen molar-refractivity contribution in [3.8, 4) is 0 Å². The highest BCUT2D eigenvalue weighted by molar-refractivity contribution is 6.99. The van der Waals surface area contributed by atoms with Crippen molar-refractivity contribution < 1.29 is 4.43 Å². The number of halogens is 2. The van der Waals surface area contributed by atoms with Crippen LogP contribution in [-0.4, -0.2) is 25.7 Å². The second kappa shape index (κ2) is 8.69. The van der Waals surface area contributed by atoms with E-state index in [1.807, 2.05) is 0 Å². The van der Waals surface area contributed by atoms with E-state index in [4.69, 9.17) is 27.6 Å². The van der Waals surface area contributed by atoms with Crippen LogP contribution in [0.4, 0.5) is 0 Å². The maximum atomic E-state index is 7.03. The lowest BCUT2D eigenvalue weighted by Gasteiger charge is -2.44. The fourth-order valence-electron chi connectivity index (χ4n) is 4.32. The van der Waals surface area contributed by atoms with E-state index >= 15 is 0 Å². The molecule has 1 aliphatic carbocycles. The molecule has 0 aromatic heterocycles. The van der Waals surface area contributed by atoms with Crippen LogP contribution in [0, 0.1) is 5.92 Å². The highest BCUT2D eigenvalue weighted by atomic mass is 35.5. The summed E-state index contributed by atoms with van der Waals surface area (Å²) in [6.07, 6.45) is 3.01. The first-order valence-corrected chi connectivity index (χ1v) is 12.7. The summed E-state index contributed by atoms with van der Waals surface area (Å²) < 4.78 is 7.03. The number of hydrogen-bond donors (Lipinski definition) is 0. The molecule has 0 heterocycles. The molecule has 146 valence electrons. The molecule has 2 aromatic carbocycles. The van der Waals surface area contributed by atoms with E-state index in [-0.39, 0.29) is 15.8 Å². The smallest absolute Gasteiger partial charge is 0.261 e. The van der Waals surface area contributed by atoms with Gasteiger partial charge in [-0.15, -0.1) is 23.2 Å². The second-order valence-corrected chi connectivity index (χ2v) is 14.1. The molecule has 2 aromatic rings. The number of benzene rings is 2. The predicted molar refractivity (Wildman–Crippen MR) is 120 cm³/mol. The van der Waals surface area contributed by atoms with Crippen LogP contribution in [0.3, 0.4) is 0 Å². The SMILES string of the molecule is CC(C)(C)[Si](OC[C@H]1CC[C@@H](Cl)[C@H](Cl)C1)(c1ccccc1)c1ccccc1. The normalized spacial score (nSPS) is 24.0. The van der Waals surface area contributed by atoms with Gasteiger partial charge in [0.2, 0.25) is 0 Å². The van der Waals surface area contributed by atoms with E-state index in [1.165, 1.54) is 10.4 Å². The molecule has 3 atom stereocenters. The largest absolute Gasteiger partial charge is 0.407 e. The molecule has 0 amide bonds. The Labute approximate surface area is 175 Å². The summed E-state index contributed by atoms with van der Waals surface area (Å²) in [5.74, 6) is 0.476. The van der Waals surface area contributed by atoms with Crippen molar-refractivity contribution >= 4 is 41.9 Å². The van der Waals surface area contributed by atoms with Crippen LogP contribution >= 0.6 is 23.2 Å². The van der Waals surface area contributed by atoms with Gasteiger partial charge in [-0.2, -0.15) is 0 Å². The zero-order chi connectivity index (χ0) is 19.5. The van der Waals surface area contributed by atoms with E-state index in [1.54, 1.807) is 0 Å². The van der Waals surface area contributed by atoms with Gasteiger partial charge in [0.25, 0.3) is 8.32 Å². The number of alkyl halides is 2. The Balaban J connectivity index is 1.97. The molecule has 0 aliphatic heterocycles. The number of rotatable bonds is 5. The number of hydrogen-bond acceptors (Lipinski definition) is 1. The van der Waals surface area contributed by atoms with Gasteiger partial charge in [-0.3, -0.25) is 0 Å². The Morgan fingerprint density at radius 3 is 1.81 bits per heavy atom. The van der Waals surface area contributed by atoms with Gasteiger partial charge in [0, 0.05) is 12.0 Å². The zero-order valence-corrected chi connectivity index (χ0v) is 19.0. The summed E-state index contributed by atoms with van der Waals surface area (Å²) in [4.78, 5) is 0. The Morgan fingerprint density at radius 1 is 0.852 bits per heavy atom. The van der Waals surface area contributed by atoms with Gasteiger partial charge in [-0.1, -0.05) is 81.4 Å². The molecule has 27 heavy (non-hydrogen) atoms. The Kier molecular flexibility index (Phi) is 6.73. The minimum absolute atomic E-state index is 0.0137. The van der Waals surface area contributed by atoms with Crippen LogP contribution in [-0.2, 0) is 4.43 Å². The summed E-state index contributed by atoms with van der Waals surface area (Å²) in [6, 6.07) is 21.6. The average Bonchev–Trinajstić information content (AvgIpc) is 2.66. The summed E-state index contributed by atoms with van der Waals surface area (Å²) in [5, 5.41) is 2.82. The van der Waals surface area contributed by atoms with Crippen molar-refractivity contribution in [1.29, 1.82) is 0 Å². The van der Waals surface area contributed by atoms with Gasteiger partial charge in [-0.05, 0) is 40.6 Å². The molecule has 3 rings (SSSR count). The van der Waals surface area contributed by atoms with Crippen LogP contribution in [0.2, 0.25) is 5.04 Å². The molecule has 0 unspecified atom stereocenters. The fraction of sp³-hybridized carbons (Fsp3) is 0.478. The van der Waals surface area contributed by atoms with Gasteiger partial charge in [0.1, 0.15) is 0 Å². The molecule has 1 aliphatic rings. The van der Waals surface area contributed by atoms with Crippen molar-refractivity contribution in [3.63, 3.8) is 0 Å². The summed E-state index contributed by atoms with van der Waals surface area (Å²) in [6.45, 7) is 7.71. The van der Waals surface area contributed by atoms with Crippen LogP contribution in [0.5, 0.6) is 0 Å². The minimum Gasteiger partial charge on any atom is -0.407 e. The van der Waals surface area contributed by atoms with Crippen LogP contribution in [0.15, 0.2) is 60.7 Å². The van der Waals surface area contributed by atoms with Crippen LogP contribution in [0.1, 0.15) is 40.0 Å². The summed E-state index contributed by atoms with van der Waals surface area (Å²) >= 11 is 12.8. The predicted octanol–water partition coefficient (Wildman–Crippen LogP) is 5.58. The van der Waals surface area contributed by atoms with E-state index in [2.05, 4.69) is 81.4 Å². The summed E-state index contributed by atoms with van der Waals surface area (Å²) in [7, 11) is -2.45. The van der Waals surface area contributed by atoms with Gasteiger partial charge in [-0.25, -0.2) is 0 Å². The molecule has 1 nitrogen and oxygen atoms in total. The van der Waals surface area contributed by atoms with E-state index in [9.17, 15) is 0 Å². The molecule has 4 heteroatoms. The molecule has 0 N–H and O–H groups in total. The molecular formula is C23H30Cl2OSi. The zero-order valence-electron chi connectivity index (χ0n) is 16.5. The molecule has 0 radical (unpaired) electrons. The summed E-state index contributed by atoms with van der Waals surface area (Å²) in [5.41, 5.74) is 0. The van der Waals surface area contributed by atoms with Gasteiger partial charge in [0.15, 0.2) is 0 Å². The molecule has 1 fully saturated rings. The second-order valence-electron chi connectivity index (χ2n) is 8.69. The maximum absolute atomic E-state index is 7.03. The van der Waals surface area contributed by atoms with E-state index in [0.29, 0.717) is 5.92 Å². The van der Waals surface area contributed by atoms with Crippen molar-refractivity contribution in [2.45, 2.75) is 55.8 Å². The lowest BCUT2D eigenvalue weighted by atomic mass is 9.89. The maximum Gasteiger partial charge on any atom is 0.261 e. The van der Waals surface area contributed by atoms with E-state index in [0.717, 1.165) is 25.9 Å². The van der Waals surface area contributed by atoms with Gasteiger partial charge >= 0.3 is 0 Å². The Morgan fingerprint density at radius 2 is 1.37 bits per heavy atom. The van der Waals surface area contributed by atoms with Crippen molar-refractivity contribution in [2.24, 2.45) is 5.92 Å². The molecule has 0 spiro atoms. The van der Waals surface area contributed by atoms with Gasteiger partial charge in [0.05, 0.1) is 5.38 Å². The average molecular weight is 421 g/mol. The standard InChI is InChI=1S/C23H30Cl2OSi/c1-23(2,3)27(19-10-6-4-7-11-19,20-12-8-5-9-13-20)26-17-18-14-15-21(24)22(25)16-18/h4-13,18,21-22H,14-17H2,1-3H3/t18-,21+,22+/m0/s1. The fourth-order valence-corrected chi connectivity index (χ4v) is 9.56. The first-order chi connectivity index (χ1) is 12.8. The van der Waals surface area contributed by atoms with Crippen molar-refractivity contribution in [2.75, 3.05) is 6.61 Å². The van der Waals surface area contributed by atoms with Crippen molar-refractivity contribution in [1.82, 2.24) is 0 Å². The van der Waals surface area contributed by atoms with Gasteiger partial charge < -0.3 is 4.43 Å². The third-order valence-electron chi connectivity index (χ3n) is 5.75. The lowest BCUT2D eigenvalue weighted by Crippen LogP contribution is -2.67. The Bertz CT molecular complexity index is 675. The van der Waals surface area contributed by atoms with Crippen molar-refractivity contribution in [3.05, 3.63) is 60.7 Å². The lowest BCUT2D eigenvalue weighted by molar-refractivity contribution is 0.201. The van der Waals surface area contributed by atoms with Crippen LogP contribution in [0.25, 0.3) is 0 Å². The quantitative estimate of drug-likeness (QED) is 0.453. The molecule has 0 saturated heterocycles. The topological polar surface area (TPSA) is 9.23 Å². The molecule has 0 bridgehead atoms. The van der Waals surface area contributed by atoms with E-state index < -0.39 is 8.32 Å². The third kappa shape index (κ3) is 4.45. The first-order valence-electron chi connectivity index (χ1n) is 9.88. The Hall–Kier alpha value is -0.803. The molecular weight excluding hydrogens is 391 g/mol. The highest BCUT2D eigenvalue weighted by Gasteiger charge is 2.50. The molecule has 1 saturated carbocycles. The van der Waals surface area contributed by atoms with Crippen LogP contribution < -0.4 is 10.4 Å². The highest BCUT2D eigenvalue weighted by Crippen LogP contribution is 2.38. The monoisotopic (exact) mass is 420 g/mol. The third-order valence-corrected chi connectivity index (χ3v) is 11.9. The first kappa shape index (κ1) is 20.9. The minimum atomic E-state index is -2.45.